The van der Waals surface area contributed by atoms with Crippen molar-refractivity contribution >= 4 is 17.7 Å². The minimum absolute atomic E-state index is 1.18. The first-order valence-corrected chi connectivity index (χ1v) is 2.52. The Labute approximate surface area is 48.8 Å². The van der Waals surface area contributed by atoms with Gasteiger partial charge < -0.3 is 0 Å². The van der Waals surface area contributed by atoms with Crippen molar-refractivity contribution in [1.29, 1.82) is 0 Å². The molecule has 0 spiro atoms. The first kappa shape index (κ1) is 6.34. The number of unbranched alkanes of at least 4 members (excludes halogenated alkanes) is 1. The minimum atomic E-state index is 1.18. The SMILES string of the molecule is [Li][CH2]CCC=C. The molecule has 0 bridgehead atoms. The topological polar surface area (TPSA) is 0 Å². The van der Waals surface area contributed by atoms with Crippen molar-refractivity contribution in [2.24, 2.45) is 0 Å². The van der Waals surface area contributed by atoms with Gasteiger partial charge in [-0.1, -0.05) is 0 Å². The second kappa shape index (κ2) is 5.34. The van der Waals surface area contributed by atoms with Crippen LogP contribution in [0.1, 0.15) is 12.8 Å². The average molecular weight is 76.1 g/mol. The Bertz CT molecular complexity index is 32.9. The predicted octanol–water partition coefficient (Wildman–Crippen LogP) is 1.54. The molecule has 0 fully saturated rings. The van der Waals surface area contributed by atoms with Crippen LogP contribution in [0.25, 0.3) is 0 Å². The zero-order valence-electron chi connectivity index (χ0n) is 4.41. The molecule has 0 saturated heterocycles. The molecule has 0 nitrogen and oxygen atoms in total. The van der Waals surface area contributed by atoms with Crippen LogP contribution in [0.5, 0.6) is 0 Å². The van der Waals surface area contributed by atoms with Crippen LogP contribution in [0, 0.1) is 0 Å². The van der Waals surface area contributed by atoms with Crippen LogP contribution in [0.4, 0.5) is 0 Å². The van der Waals surface area contributed by atoms with Crippen LogP contribution in [-0.4, -0.2) is 17.7 Å². The van der Waals surface area contributed by atoms with E-state index in [1.165, 1.54) is 17.9 Å². The molecule has 0 atom stereocenters. The molecule has 0 aliphatic heterocycles. The van der Waals surface area contributed by atoms with Crippen molar-refractivity contribution in [3.63, 3.8) is 0 Å². The molecule has 0 radical (unpaired) electrons. The van der Waals surface area contributed by atoms with Gasteiger partial charge in [-0.05, 0) is 0 Å². The summed E-state index contributed by atoms with van der Waals surface area (Å²) in [5.74, 6) is 0. The van der Waals surface area contributed by atoms with E-state index < -0.39 is 0 Å². The van der Waals surface area contributed by atoms with Gasteiger partial charge in [-0.25, -0.2) is 0 Å². The third-order valence-corrected chi connectivity index (χ3v) is 0.762. The number of hydrogen-bond donors (Lipinski definition) is 0. The van der Waals surface area contributed by atoms with E-state index in [9.17, 15) is 0 Å². The molecule has 0 aliphatic carbocycles. The van der Waals surface area contributed by atoms with Gasteiger partial charge in [-0.3, -0.25) is 0 Å². The van der Waals surface area contributed by atoms with Crippen LogP contribution in [-0.2, 0) is 0 Å². The fourth-order valence-corrected chi connectivity index (χ4v) is 0.348. The van der Waals surface area contributed by atoms with E-state index >= 15 is 0 Å². The normalized spacial score (nSPS) is 8.33. The molecule has 0 aromatic heterocycles. The molecule has 0 unspecified atom stereocenters. The van der Waals surface area contributed by atoms with Crippen molar-refractivity contribution in [2.75, 3.05) is 0 Å². The van der Waals surface area contributed by atoms with Crippen LogP contribution in [0.15, 0.2) is 12.7 Å². The van der Waals surface area contributed by atoms with Crippen molar-refractivity contribution < 1.29 is 0 Å². The second-order valence-corrected chi connectivity index (χ2v) is 1.43. The molecular weight excluding hydrogens is 67.0 g/mol. The van der Waals surface area contributed by atoms with E-state index in [1.807, 2.05) is 6.08 Å². The predicted molar refractivity (Wildman–Crippen MR) is 30.0 cm³/mol. The number of hydrogen-bond acceptors (Lipinski definition) is 0. The molecular formula is C5H9Li. The van der Waals surface area contributed by atoms with E-state index in [-0.39, 0.29) is 0 Å². The van der Waals surface area contributed by atoms with Gasteiger partial charge in [0, 0.05) is 0 Å². The zero-order chi connectivity index (χ0) is 4.83. The van der Waals surface area contributed by atoms with Gasteiger partial charge in [0.05, 0.1) is 0 Å². The van der Waals surface area contributed by atoms with Gasteiger partial charge in [0.15, 0.2) is 0 Å². The Kier molecular flexibility index (Phi) is 5.64. The molecule has 0 aliphatic rings. The summed E-state index contributed by atoms with van der Waals surface area (Å²) in [6.45, 7) is 3.60. The summed E-state index contributed by atoms with van der Waals surface area (Å²) < 4.78 is 0. The summed E-state index contributed by atoms with van der Waals surface area (Å²) in [5.41, 5.74) is 0. The molecule has 0 aromatic rings. The molecule has 0 aromatic carbocycles. The monoisotopic (exact) mass is 76.1 g/mol. The van der Waals surface area contributed by atoms with Crippen molar-refractivity contribution in [2.45, 2.75) is 17.9 Å². The quantitative estimate of drug-likeness (QED) is 0.272. The van der Waals surface area contributed by atoms with E-state index in [0.29, 0.717) is 0 Å². The average Bonchev–Trinajstić information content (AvgIpc) is 1.61. The van der Waals surface area contributed by atoms with Gasteiger partial charge in [0.2, 0.25) is 0 Å². The first-order valence-electron chi connectivity index (χ1n) is 2.52. The van der Waals surface area contributed by atoms with E-state index in [0.717, 1.165) is 0 Å². The van der Waals surface area contributed by atoms with Crippen LogP contribution >= 0.6 is 0 Å². The third-order valence-electron chi connectivity index (χ3n) is 0.762. The van der Waals surface area contributed by atoms with Gasteiger partial charge in [0.1, 0.15) is 0 Å². The molecule has 1 heteroatoms. The van der Waals surface area contributed by atoms with Crippen molar-refractivity contribution in [1.82, 2.24) is 0 Å². The zero-order valence-corrected chi connectivity index (χ0v) is 4.41. The Morgan fingerprint density at radius 3 is 2.50 bits per heavy atom. The maximum absolute atomic E-state index is 3.60. The standard InChI is InChI=1S/C5H9.Li/c1-3-5-4-2;/h3H,1-2,4-5H2;. The third kappa shape index (κ3) is 4.34. The van der Waals surface area contributed by atoms with E-state index in [4.69, 9.17) is 0 Å². The van der Waals surface area contributed by atoms with Crippen molar-refractivity contribution in [3.05, 3.63) is 12.7 Å². The molecule has 30 valence electrons. The molecule has 0 rings (SSSR count). The Balaban J connectivity index is 2.49. The molecule has 0 amide bonds. The summed E-state index contributed by atoms with van der Waals surface area (Å²) >= 11 is 2.18. The van der Waals surface area contributed by atoms with E-state index in [2.05, 4.69) is 24.3 Å². The summed E-state index contributed by atoms with van der Waals surface area (Å²) in [6, 6.07) is 0. The maximum atomic E-state index is 3.60. The Morgan fingerprint density at radius 2 is 2.33 bits per heavy atom. The summed E-state index contributed by atoms with van der Waals surface area (Å²) in [4.78, 5) is 0. The van der Waals surface area contributed by atoms with Crippen molar-refractivity contribution in [3.8, 4) is 0 Å². The van der Waals surface area contributed by atoms with Gasteiger partial charge >= 0.3 is 48.3 Å². The van der Waals surface area contributed by atoms with E-state index in [1.54, 1.807) is 0 Å². The van der Waals surface area contributed by atoms with Crippen LogP contribution in [0.3, 0.4) is 0 Å². The molecule has 6 heavy (non-hydrogen) atoms. The number of allylic oxidation sites excluding steroid dienone is 1. The molecule has 0 heterocycles. The number of rotatable bonds is 3. The second-order valence-electron chi connectivity index (χ2n) is 1.43. The fourth-order valence-electron chi connectivity index (χ4n) is 0.348. The Morgan fingerprint density at radius 1 is 1.67 bits per heavy atom. The summed E-state index contributed by atoms with van der Waals surface area (Å²) in [5, 5.41) is 1.28. The van der Waals surface area contributed by atoms with Crippen LogP contribution < -0.4 is 0 Å². The van der Waals surface area contributed by atoms with Gasteiger partial charge in [0.25, 0.3) is 0 Å². The fraction of sp³-hybridized carbons (Fsp3) is 0.600. The molecule has 0 N–H and O–H groups in total. The van der Waals surface area contributed by atoms with Crippen LogP contribution in [0.2, 0.25) is 5.09 Å². The molecule has 0 saturated carbocycles. The van der Waals surface area contributed by atoms with Gasteiger partial charge in [-0.2, -0.15) is 0 Å². The Hall–Kier alpha value is 0.337. The summed E-state index contributed by atoms with van der Waals surface area (Å²) in [6.07, 6.45) is 4.43. The van der Waals surface area contributed by atoms with Gasteiger partial charge in [-0.15, -0.1) is 0 Å². The summed E-state index contributed by atoms with van der Waals surface area (Å²) in [7, 11) is 0. The first-order chi connectivity index (χ1) is 2.91.